The molecule has 1 heterocycles. The molecule has 98 valence electrons. The van der Waals surface area contributed by atoms with Crippen LogP contribution in [0.1, 0.15) is 33.3 Å². The molecule has 2 nitrogen and oxygen atoms in total. The van der Waals surface area contributed by atoms with E-state index in [1.165, 1.54) is 17.3 Å². The molecule has 1 amide bonds. The highest BCUT2D eigenvalue weighted by Crippen LogP contribution is 2.25. The minimum Gasteiger partial charge on any atom is -0.307 e. The van der Waals surface area contributed by atoms with Gasteiger partial charge in [0.15, 0.2) is 0 Å². The fourth-order valence-corrected chi connectivity index (χ4v) is 2.47. The number of amides is 1. The normalized spacial score (nSPS) is 16.3. The van der Waals surface area contributed by atoms with Gasteiger partial charge in [0.05, 0.1) is 4.91 Å². The van der Waals surface area contributed by atoms with E-state index in [9.17, 15) is 4.79 Å². The third-order valence-electron chi connectivity index (χ3n) is 2.33. The molecule has 1 fully saturated rings. The van der Waals surface area contributed by atoms with Crippen molar-refractivity contribution < 1.29 is 6.22 Å². The monoisotopic (exact) mass is 281 g/mol. The van der Waals surface area contributed by atoms with Gasteiger partial charge in [-0.3, -0.25) is 4.79 Å². The van der Waals surface area contributed by atoms with Gasteiger partial charge in [-0.25, -0.2) is 0 Å². The molecule has 1 aromatic carbocycles. The van der Waals surface area contributed by atoms with Gasteiger partial charge in [0.2, 0.25) is 0 Å². The minimum atomic E-state index is -0.102. The van der Waals surface area contributed by atoms with E-state index in [-0.39, 0.29) is 7.33 Å². The van der Waals surface area contributed by atoms with Gasteiger partial charge in [0, 0.05) is 1.43 Å². The molecule has 0 aromatic heterocycles. The fourth-order valence-electron chi connectivity index (χ4n) is 1.42. The Labute approximate surface area is 119 Å². The van der Waals surface area contributed by atoms with Gasteiger partial charge in [0.25, 0.3) is 5.91 Å². The topological polar surface area (TPSA) is 29.1 Å². The first-order valence-electron chi connectivity index (χ1n) is 6.03. The summed E-state index contributed by atoms with van der Waals surface area (Å²) in [5.74, 6) is -0.102. The lowest BCUT2D eigenvalue weighted by Gasteiger charge is -1.98. The lowest BCUT2D eigenvalue weighted by Crippen LogP contribution is -2.17. The van der Waals surface area contributed by atoms with Gasteiger partial charge >= 0.3 is 0 Å². The van der Waals surface area contributed by atoms with E-state index in [0.29, 0.717) is 9.23 Å². The Morgan fingerprint density at radius 2 is 1.94 bits per heavy atom. The molecule has 0 saturated carbocycles. The first-order valence-corrected chi connectivity index (χ1v) is 7.25. The Balaban J connectivity index is 0.00000103. The first kappa shape index (κ1) is 14.9. The van der Waals surface area contributed by atoms with Crippen LogP contribution in [0.15, 0.2) is 29.2 Å². The summed E-state index contributed by atoms with van der Waals surface area (Å²) in [4.78, 5) is 12.1. The van der Waals surface area contributed by atoms with Crippen LogP contribution < -0.4 is 5.32 Å². The largest absolute Gasteiger partial charge is 0.307 e. The first-order chi connectivity index (χ1) is 8.69. The number of hydrogen-bond donors (Lipinski definition) is 1. The zero-order chi connectivity index (χ0) is 13.5. The Morgan fingerprint density at radius 3 is 2.39 bits per heavy atom. The maximum atomic E-state index is 11.4. The summed E-state index contributed by atoms with van der Waals surface area (Å²) in [7, 11) is 0. The zero-order valence-corrected chi connectivity index (χ0v) is 12.5. The van der Waals surface area contributed by atoms with Crippen LogP contribution in [-0.4, -0.2) is 10.2 Å². The number of carbonyl (C=O) groups is 1. The lowest BCUT2D eigenvalue weighted by molar-refractivity contribution is -0.115. The molecule has 0 spiro atoms. The van der Waals surface area contributed by atoms with Crippen molar-refractivity contribution in [2.45, 2.75) is 27.2 Å². The van der Waals surface area contributed by atoms with E-state index in [1.807, 2.05) is 32.1 Å². The van der Waals surface area contributed by atoms with Crippen molar-refractivity contribution in [3.05, 3.63) is 40.3 Å². The average Bonchev–Trinajstić information content (AvgIpc) is 2.71. The quantitative estimate of drug-likeness (QED) is 0.656. The van der Waals surface area contributed by atoms with Crippen molar-refractivity contribution in [1.29, 1.82) is 0 Å². The highest BCUT2D eigenvalue weighted by Gasteiger charge is 2.21. The van der Waals surface area contributed by atoms with E-state index in [2.05, 4.69) is 24.4 Å². The van der Waals surface area contributed by atoms with Crippen LogP contribution >= 0.6 is 24.0 Å². The molecule has 0 unspecified atom stereocenters. The zero-order valence-electron chi connectivity index (χ0n) is 10.8. The van der Waals surface area contributed by atoms with Crippen LogP contribution in [0.5, 0.6) is 0 Å². The highest BCUT2D eigenvalue weighted by atomic mass is 32.2. The molecule has 1 N–H and O–H groups in total. The Hall–Kier alpha value is -1.13. The summed E-state index contributed by atoms with van der Waals surface area (Å²) in [6, 6.07) is 8.17. The number of hydrogen-bond acceptors (Lipinski definition) is 3. The standard InChI is InChI=1S/C12H11NOS2.C2H6.H2/c1-2-8-3-5-9(6-4-8)7-10-11(14)13-12(15)16-10;1-2;/h3-7H,2H2,1H3,(H,13,14,15);1-2H3;1H/b10-7+;;. The molecule has 1 aliphatic rings. The summed E-state index contributed by atoms with van der Waals surface area (Å²) >= 11 is 6.23. The van der Waals surface area contributed by atoms with Crippen molar-refractivity contribution in [3.63, 3.8) is 0 Å². The van der Waals surface area contributed by atoms with Crippen molar-refractivity contribution in [2.24, 2.45) is 0 Å². The number of benzene rings is 1. The van der Waals surface area contributed by atoms with Crippen molar-refractivity contribution in [2.75, 3.05) is 0 Å². The molecule has 1 aliphatic heterocycles. The van der Waals surface area contributed by atoms with E-state index >= 15 is 0 Å². The van der Waals surface area contributed by atoms with Gasteiger partial charge in [-0.05, 0) is 23.6 Å². The van der Waals surface area contributed by atoms with Gasteiger partial charge in [-0.1, -0.05) is 69.0 Å². The SMILES string of the molecule is CC.CCc1ccc(/C=C2/SC(=S)NC2=O)cc1.[HH]. The Morgan fingerprint density at radius 1 is 1.33 bits per heavy atom. The molecule has 0 bridgehead atoms. The summed E-state index contributed by atoms with van der Waals surface area (Å²) in [6.07, 6.45) is 2.88. The molecular formula is C14H19NOS2. The second-order valence-corrected chi connectivity index (χ2v) is 5.17. The summed E-state index contributed by atoms with van der Waals surface area (Å²) in [5, 5.41) is 2.60. The van der Waals surface area contributed by atoms with Crippen LogP contribution in [-0.2, 0) is 11.2 Å². The van der Waals surface area contributed by atoms with Gasteiger partial charge < -0.3 is 5.32 Å². The fraction of sp³-hybridized carbons (Fsp3) is 0.286. The average molecular weight is 281 g/mol. The van der Waals surface area contributed by atoms with E-state index < -0.39 is 0 Å². The van der Waals surface area contributed by atoms with Gasteiger partial charge in [-0.15, -0.1) is 0 Å². The second kappa shape index (κ2) is 7.34. The molecule has 1 saturated heterocycles. The Kier molecular flexibility index (Phi) is 6.09. The third-order valence-corrected chi connectivity index (χ3v) is 3.49. The third kappa shape index (κ3) is 3.96. The predicted molar refractivity (Wildman–Crippen MR) is 85.6 cm³/mol. The maximum Gasteiger partial charge on any atom is 0.263 e. The number of thiocarbonyl (C=S) groups is 1. The number of thioether (sulfide) groups is 1. The van der Waals surface area contributed by atoms with Crippen molar-refractivity contribution in [3.8, 4) is 0 Å². The van der Waals surface area contributed by atoms with Gasteiger partial charge in [-0.2, -0.15) is 0 Å². The van der Waals surface area contributed by atoms with E-state index in [4.69, 9.17) is 12.2 Å². The number of rotatable bonds is 2. The van der Waals surface area contributed by atoms with Crippen molar-refractivity contribution >= 4 is 40.3 Å². The molecule has 1 aromatic rings. The van der Waals surface area contributed by atoms with Crippen LogP contribution in [0.2, 0.25) is 0 Å². The minimum absolute atomic E-state index is 0. The molecule has 4 heteroatoms. The Bertz CT molecular complexity index is 469. The molecule has 18 heavy (non-hydrogen) atoms. The van der Waals surface area contributed by atoms with Crippen LogP contribution in [0, 0.1) is 0 Å². The highest BCUT2D eigenvalue weighted by molar-refractivity contribution is 8.26. The smallest absolute Gasteiger partial charge is 0.263 e. The summed E-state index contributed by atoms with van der Waals surface area (Å²) in [5.41, 5.74) is 2.32. The molecule has 2 rings (SSSR count). The molecule has 0 radical (unpaired) electrons. The van der Waals surface area contributed by atoms with Crippen LogP contribution in [0.4, 0.5) is 0 Å². The summed E-state index contributed by atoms with van der Waals surface area (Å²) in [6.45, 7) is 6.12. The summed E-state index contributed by atoms with van der Waals surface area (Å²) < 4.78 is 0.529. The molecule has 0 atom stereocenters. The van der Waals surface area contributed by atoms with Gasteiger partial charge in [0.1, 0.15) is 4.32 Å². The second-order valence-electron chi connectivity index (χ2n) is 3.45. The van der Waals surface area contributed by atoms with E-state index in [0.717, 1.165) is 12.0 Å². The van der Waals surface area contributed by atoms with Crippen LogP contribution in [0.25, 0.3) is 6.08 Å². The van der Waals surface area contributed by atoms with Crippen molar-refractivity contribution in [1.82, 2.24) is 5.32 Å². The molecular weight excluding hydrogens is 262 g/mol. The number of carbonyl (C=O) groups excluding carboxylic acids is 1. The lowest BCUT2D eigenvalue weighted by atomic mass is 10.1. The van der Waals surface area contributed by atoms with E-state index in [1.54, 1.807) is 0 Å². The van der Waals surface area contributed by atoms with Crippen LogP contribution in [0.3, 0.4) is 0 Å². The number of nitrogens with one attached hydrogen (secondary N) is 1. The molecule has 0 aliphatic carbocycles. The maximum absolute atomic E-state index is 11.4. The number of aryl methyl sites for hydroxylation is 1. The predicted octanol–water partition coefficient (Wildman–Crippen LogP) is 4.01.